The summed E-state index contributed by atoms with van der Waals surface area (Å²) in [4.78, 5) is 17.7. The number of hydrogen-bond donors (Lipinski definition) is 0. The van der Waals surface area contributed by atoms with Gasteiger partial charge in [0.25, 0.3) is 0 Å². The molecule has 0 aliphatic carbocycles. The van der Waals surface area contributed by atoms with Gasteiger partial charge in [-0.3, -0.25) is 15.6 Å². The number of aromatic nitrogens is 1. The second-order valence-electron chi connectivity index (χ2n) is 2.69. The molecule has 0 bridgehead atoms. The summed E-state index contributed by atoms with van der Waals surface area (Å²) < 4.78 is 0. The molecule has 0 spiro atoms. The Morgan fingerprint density at radius 1 is 1.50 bits per heavy atom. The van der Waals surface area contributed by atoms with E-state index in [4.69, 9.17) is 12.0 Å². The third-order valence-electron chi connectivity index (χ3n) is 1.68. The summed E-state index contributed by atoms with van der Waals surface area (Å²) in [5.41, 5.74) is 0.311. The van der Waals surface area contributed by atoms with Crippen LogP contribution in [-0.4, -0.2) is 16.6 Å². The summed E-state index contributed by atoms with van der Waals surface area (Å²) in [6, 6.07) is 2.72. The fourth-order valence-electron chi connectivity index (χ4n) is 0.951. The molecule has 0 aromatic carbocycles. The summed E-state index contributed by atoms with van der Waals surface area (Å²) >= 11 is 0. The van der Waals surface area contributed by atoms with Crippen molar-refractivity contribution in [2.24, 2.45) is 0 Å². The lowest BCUT2D eigenvalue weighted by atomic mass is 10.2. The minimum Gasteiger partial charge on any atom is -0.881 e. The van der Waals surface area contributed by atoms with E-state index < -0.39 is 11.5 Å². The van der Waals surface area contributed by atoms with Gasteiger partial charge in [-0.25, -0.2) is 4.85 Å². The molecule has 0 saturated heterocycles. The van der Waals surface area contributed by atoms with Crippen LogP contribution >= 0.6 is 0 Å². The zero-order valence-electron chi connectivity index (χ0n) is 8.04. The summed E-state index contributed by atoms with van der Waals surface area (Å²) in [5.74, 6) is 0.611. The van der Waals surface area contributed by atoms with Crippen LogP contribution in [0.3, 0.4) is 0 Å². The van der Waals surface area contributed by atoms with Crippen LogP contribution in [0.4, 0.5) is 0 Å². The van der Waals surface area contributed by atoms with Gasteiger partial charge in [-0.2, -0.15) is 0 Å². The Morgan fingerprint density at radius 3 is 2.61 bits per heavy atom. The van der Waals surface area contributed by atoms with E-state index in [9.17, 15) is 9.90 Å². The van der Waals surface area contributed by atoms with Gasteiger partial charge < -0.3 is 10.5 Å². The van der Waals surface area contributed by atoms with Crippen LogP contribution in [0, 0.1) is 6.57 Å². The van der Waals surface area contributed by atoms with Crippen molar-refractivity contribution in [2.75, 3.05) is 0 Å². The van der Waals surface area contributed by atoms with Crippen LogP contribution in [0.5, 0.6) is 0 Å². The number of hydrogen-bond acceptors (Lipinski definition) is 3. The van der Waals surface area contributed by atoms with Crippen LogP contribution in [0.25, 0.3) is 16.0 Å². The van der Waals surface area contributed by atoms with E-state index in [0.29, 0.717) is 0 Å². The van der Waals surface area contributed by atoms with Gasteiger partial charge in [0.1, 0.15) is 11.9 Å². The maximum Gasteiger partial charge on any atom is 0.209 e. The van der Waals surface area contributed by atoms with Gasteiger partial charge >= 0.3 is 0 Å². The van der Waals surface area contributed by atoms with Crippen LogP contribution in [-0.2, 0) is 0 Å². The van der Waals surface area contributed by atoms with Crippen LogP contribution in [0.1, 0.15) is 30.9 Å². The van der Waals surface area contributed by atoms with Crippen molar-refractivity contribution >= 4 is 17.4 Å². The molecule has 0 N–H and O–H groups in total. The van der Waals surface area contributed by atoms with E-state index in [1.54, 1.807) is 5.87 Å². The standard InChI is InChI=1S/C11H6N3O2.2CH4/c1-13-7-11(16)8-2-3-9(14-6-8)10(15)4-5-12;;/h2-4,6-7,16H;2*1H4/q-1;;/p-1/b11-7-;;. The molecule has 0 aliphatic rings. The fourth-order valence-corrected chi connectivity index (χ4v) is 0.951. The number of carbonyl (C=O) groups is 1. The Hall–Kier alpha value is -2.70. The molecule has 0 saturated carbocycles. The van der Waals surface area contributed by atoms with Gasteiger partial charge in [0.2, 0.25) is 5.78 Å². The first-order valence-electron chi connectivity index (χ1n) is 4.16. The highest BCUT2D eigenvalue weighted by molar-refractivity contribution is 6.07. The van der Waals surface area contributed by atoms with Crippen molar-refractivity contribution in [3.63, 3.8) is 0 Å². The SMILES string of the molecule is C.C.[C-]#[N+]/C=C(\[O-])c1ccc(C(=O)C=C=[N-])nc1. The third-order valence-corrected chi connectivity index (χ3v) is 1.68. The van der Waals surface area contributed by atoms with Gasteiger partial charge in [0.05, 0.1) is 6.57 Å². The summed E-state index contributed by atoms with van der Waals surface area (Å²) in [6.45, 7) is 6.48. The second-order valence-corrected chi connectivity index (χ2v) is 2.69. The third kappa shape index (κ3) is 4.44. The number of rotatable bonds is 3. The molecular formula is C13H13N3O2-2. The molecule has 0 atom stereocenters. The van der Waals surface area contributed by atoms with Crippen molar-refractivity contribution in [1.29, 1.82) is 0 Å². The van der Waals surface area contributed by atoms with E-state index in [2.05, 4.69) is 9.83 Å². The van der Waals surface area contributed by atoms with Crippen molar-refractivity contribution in [1.82, 2.24) is 4.98 Å². The van der Waals surface area contributed by atoms with Crippen molar-refractivity contribution in [2.45, 2.75) is 14.9 Å². The Balaban J connectivity index is 0. The highest BCUT2D eigenvalue weighted by Gasteiger charge is 2.01. The van der Waals surface area contributed by atoms with E-state index in [-0.39, 0.29) is 26.1 Å². The highest BCUT2D eigenvalue weighted by atomic mass is 16.3. The summed E-state index contributed by atoms with van der Waals surface area (Å²) in [7, 11) is 0. The maximum absolute atomic E-state index is 11.2. The van der Waals surface area contributed by atoms with Gasteiger partial charge in [-0.05, 0) is 11.6 Å². The highest BCUT2D eigenvalue weighted by Crippen LogP contribution is 2.08. The molecule has 1 heterocycles. The van der Waals surface area contributed by atoms with Crippen LogP contribution in [0.2, 0.25) is 0 Å². The van der Waals surface area contributed by atoms with Gasteiger partial charge in [-0.1, -0.05) is 20.9 Å². The number of allylic oxidation sites excluding steroid dienone is 1. The Kier molecular flexibility index (Phi) is 8.30. The summed E-state index contributed by atoms with van der Waals surface area (Å²) in [5, 5.41) is 19.5. The zero-order chi connectivity index (χ0) is 12.0. The predicted octanol–water partition coefficient (Wildman–Crippen LogP) is 1.91. The molecule has 0 radical (unpaired) electrons. The predicted molar refractivity (Wildman–Crippen MR) is 69.5 cm³/mol. The lowest BCUT2D eigenvalue weighted by Gasteiger charge is -2.09. The van der Waals surface area contributed by atoms with Crippen LogP contribution < -0.4 is 5.11 Å². The van der Waals surface area contributed by atoms with Crippen molar-refractivity contribution in [3.05, 3.63) is 58.7 Å². The van der Waals surface area contributed by atoms with Gasteiger partial charge in [0, 0.05) is 12.3 Å². The molecule has 0 amide bonds. The number of ketones is 1. The lowest BCUT2D eigenvalue weighted by molar-refractivity contribution is -0.243. The largest absolute Gasteiger partial charge is 0.881 e. The van der Waals surface area contributed by atoms with E-state index in [1.807, 2.05) is 0 Å². The van der Waals surface area contributed by atoms with Crippen LogP contribution in [0.15, 0.2) is 30.6 Å². The minimum absolute atomic E-state index is 0. The first-order valence-corrected chi connectivity index (χ1v) is 4.16. The van der Waals surface area contributed by atoms with E-state index >= 15 is 0 Å². The fraction of sp³-hybridized carbons (Fsp3) is 0.154. The maximum atomic E-state index is 11.2. The molecule has 0 aliphatic heterocycles. The Bertz CT molecular complexity index is 518. The lowest BCUT2D eigenvalue weighted by Crippen LogP contribution is -2.04. The molecule has 1 aromatic heterocycles. The number of nitrogens with zero attached hydrogens (tertiary/aromatic N) is 3. The number of pyridine rings is 1. The topological polar surface area (TPSA) is 79.7 Å². The second kappa shape index (κ2) is 8.45. The molecule has 94 valence electrons. The zero-order valence-corrected chi connectivity index (χ0v) is 8.04. The van der Waals surface area contributed by atoms with E-state index in [1.165, 1.54) is 18.3 Å². The molecule has 1 aromatic rings. The minimum atomic E-state index is -0.518. The molecule has 0 unspecified atom stereocenters. The first kappa shape index (κ1) is 17.7. The van der Waals surface area contributed by atoms with E-state index in [0.717, 1.165) is 12.3 Å². The molecule has 5 heteroatoms. The molecule has 5 nitrogen and oxygen atoms in total. The van der Waals surface area contributed by atoms with Gasteiger partial charge in [-0.15, -0.1) is 5.76 Å². The monoisotopic (exact) mass is 243 g/mol. The molecular weight excluding hydrogens is 230 g/mol. The number of carbonyl (C=O) groups excluding carboxylic acids is 1. The average molecular weight is 243 g/mol. The Labute approximate surface area is 106 Å². The first-order chi connectivity index (χ1) is 7.69. The van der Waals surface area contributed by atoms with Gasteiger partial charge in [0.15, 0.2) is 0 Å². The average Bonchev–Trinajstić information content (AvgIpc) is 2.30. The molecule has 18 heavy (non-hydrogen) atoms. The smallest absolute Gasteiger partial charge is 0.209 e. The Morgan fingerprint density at radius 2 is 2.17 bits per heavy atom. The molecule has 1 rings (SSSR count). The molecule has 0 fully saturated rings. The van der Waals surface area contributed by atoms with Crippen molar-refractivity contribution in [3.8, 4) is 0 Å². The quantitative estimate of drug-likeness (QED) is 0.267. The van der Waals surface area contributed by atoms with Crippen molar-refractivity contribution < 1.29 is 9.90 Å². The normalized spacial score (nSPS) is 8.94. The summed E-state index contributed by atoms with van der Waals surface area (Å²) in [6.07, 6.45) is 2.86.